The van der Waals surface area contributed by atoms with Crippen LogP contribution in [0.3, 0.4) is 0 Å². The van der Waals surface area contributed by atoms with Gasteiger partial charge in [0.05, 0.1) is 92.5 Å². The molecule has 0 radical (unpaired) electrons. The fourth-order valence-corrected chi connectivity index (χ4v) is 1.76. The average molecular weight is 350 g/mol. The molecule has 0 saturated carbocycles. The van der Waals surface area contributed by atoms with Crippen molar-refractivity contribution in [3.63, 3.8) is 0 Å². The summed E-state index contributed by atoms with van der Waals surface area (Å²) in [5, 5.41) is 0. The van der Waals surface area contributed by atoms with Crippen molar-refractivity contribution in [3.8, 4) is 0 Å². The van der Waals surface area contributed by atoms with Crippen LogP contribution in [0.5, 0.6) is 0 Å². The number of ether oxygens (including phenoxy) is 8. The maximum atomic E-state index is 5.39. The standard InChI is InChI=1S/C16H30O8/c1(17-3-5-19-7-9-21-11-15-13-23-15)2-18-4-6-20-8-10-22-12-16-14-24-16/h15-16H,1-14H2. The number of hydrogen-bond acceptors (Lipinski definition) is 8. The Morgan fingerprint density at radius 3 is 0.958 bits per heavy atom. The molecule has 2 unspecified atom stereocenters. The van der Waals surface area contributed by atoms with Crippen LogP contribution in [0, 0.1) is 0 Å². The molecule has 0 N–H and O–H groups in total. The Hall–Kier alpha value is -0.320. The Morgan fingerprint density at radius 1 is 0.458 bits per heavy atom. The molecule has 0 aromatic carbocycles. The molecule has 0 bridgehead atoms. The van der Waals surface area contributed by atoms with Crippen molar-refractivity contribution in [3.05, 3.63) is 0 Å². The third-order valence-corrected chi connectivity index (χ3v) is 3.27. The molecule has 0 aromatic heterocycles. The van der Waals surface area contributed by atoms with E-state index in [0.717, 1.165) is 13.2 Å². The summed E-state index contributed by atoms with van der Waals surface area (Å²) >= 11 is 0. The van der Waals surface area contributed by atoms with E-state index in [1.165, 1.54) is 0 Å². The van der Waals surface area contributed by atoms with Gasteiger partial charge in [0.15, 0.2) is 0 Å². The average Bonchev–Trinajstić information content (AvgIpc) is 3.48. The second-order valence-electron chi connectivity index (χ2n) is 5.51. The molecule has 0 amide bonds. The second kappa shape index (κ2) is 13.9. The molecule has 0 spiro atoms. The Kier molecular flexibility index (Phi) is 11.6. The van der Waals surface area contributed by atoms with E-state index in [-0.39, 0.29) is 0 Å². The normalized spacial score (nSPS) is 22.0. The Bertz CT molecular complexity index is 255. The first-order valence-electron chi connectivity index (χ1n) is 8.65. The van der Waals surface area contributed by atoms with E-state index in [4.69, 9.17) is 37.9 Å². The highest BCUT2D eigenvalue weighted by atomic mass is 16.6. The summed E-state index contributed by atoms with van der Waals surface area (Å²) in [5.41, 5.74) is 0. The van der Waals surface area contributed by atoms with Crippen molar-refractivity contribution in [2.24, 2.45) is 0 Å². The highest BCUT2D eigenvalue weighted by molar-refractivity contribution is 4.67. The minimum absolute atomic E-state index is 0.314. The first-order valence-corrected chi connectivity index (χ1v) is 8.65. The van der Waals surface area contributed by atoms with Gasteiger partial charge < -0.3 is 37.9 Å². The summed E-state index contributed by atoms with van der Waals surface area (Å²) in [6, 6.07) is 0. The Labute approximate surface area is 143 Å². The molecule has 2 aliphatic rings. The molecule has 0 aromatic rings. The molecule has 2 fully saturated rings. The number of rotatable bonds is 19. The molecule has 2 saturated heterocycles. The lowest BCUT2D eigenvalue weighted by Crippen LogP contribution is -2.14. The molecule has 2 rings (SSSR count). The molecular formula is C16H30O8. The van der Waals surface area contributed by atoms with Crippen LogP contribution in [0.2, 0.25) is 0 Å². The fourth-order valence-electron chi connectivity index (χ4n) is 1.76. The van der Waals surface area contributed by atoms with Gasteiger partial charge in [-0.2, -0.15) is 0 Å². The molecule has 0 aliphatic carbocycles. The van der Waals surface area contributed by atoms with E-state index < -0.39 is 0 Å². The monoisotopic (exact) mass is 350 g/mol. The van der Waals surface area contributed by atoms with Gasteiger partial charge in [0.25, 0.3) is 0 Å². The zero-order chi connectivity index (χ0) is 16.7. The van der Waals surface area contributed by atoms with E-state index in [0.29, 0.717) is 91.5 Å². The summed E-state index contributed by atoms with van der Waals surface area (Å²) < 4.78 is 42.3. The summed E-state index contributed by atoms with van der Waals surface area (Å²) in [7, 11) is 0. The van der Waals surface area contributed by atoms with Gasteiger partial charge in [0, 0.05) is 0 Å². The molecule has 8 heteroatoms. The van der Waals surface area contributed by atoms with Crippen LogP contribution in [0.15, 0.2) is 0 Å². The van der Waals surface area contributed by atoms with Gasteiger partial charge in [-0.3, -0.25) is 0 Å². The SMILES string of the molecule is C(COCCOCCOCC1CO1)OCCOCCOCC1CO1. The summed E-state index contributed by atoms with van der Waals surface area (Å²) in [6.07, 6.45) is 0.629. The van der Waals surface area contributed by atoms with E-state index >= 15 is 0 Å². The molecule has 2 atom stereocenters. The van der Waals surface area contributed by atoms with E-state index in [1.54, 1.807) is 0 Å². The predicted octanol–water partition coefficient (Wildman–Crippen LogP) is -0.116. The Balaban J connectivity index is 1.15. The zero-order valence-electron chi connectivity index (χ0n) is 14.3. The number of hydrogen-bond donors (Lipinski definition) is 0. The second-order valence-corrected chi connectivity index (χ2v) is 5.51. The lowest BCUT2D eigenvalue weighted by atomic mass is 10.5. The topological polar surface area (TPSA) is 80.4 Å². The van der Waals surface area contributed by atoms with Gasteiger partial charge in [-0.1, -0.05) is 0 Å². The van der Waals surface area contributed by atoms with Crippen LogP contribution >= 0.6 is 0 Å². The van der Waals surface area contributed by atoms with Crippen molar-refractivity contribution in [1.82, 2.24) is 0 Å². The van der Waals surface area contributed by atoms with Crippen LogP contribution in [0.1, 0.15) is 0 Å². The van der Waals surface area contributed by atoms with Gasteiger partial charge in [-0.15, -0.1) is 0 Å². The van der Waals surface area contributed by atoms with Crippen molar-refractivity contribution in [1.29, 1.82) is 0 Å². The largest absolute Gasteiger partial charge is 0.377 e. The smallest absolute Gasteiger partial charge is 0.104 e. The lowest BCUT2D eigenvalue weighted by Gasteiger charge is -2.08. The van der Waals surface area contributed by atoms with E-state index in [9.17, 15) is 0 Å². The van der Waals surface area contributed by atoms with Crippen LogP contribution < -0.4 is 0 Å². The summed E-state index contributed by atoms with van der Waals surface area (Å²) in [4.78, 5) is 0. The summed E-state index contributed by atoms with van der Waals surface area (Å²) in [5.74, 6) is 0. The maximum absolute atomic E-state index is 5.39. The van der Waals surface area contributed by atoms with Crippen LogP contribution in [0.4, 0.5) is 0 Å². The minimum Gasteiger partial charge on any atom is -0.377 e. The molecular weight excluding hydrogens is 320 g/mol. The van der Waals surface area contributed by atoms with Crippen molar-refractivity contribution in [2.45, 2.75) is 12.2 Å². The molecule has 2 heterocycles. The van der Waals surface area contributed by atoms with Gasteiger partial charge in [0.2, 0.25) is 0 Å². The minimum atomic E-state index is 0.314. The van der Waals surface area contributed by atoms with Gasteiger partial charge in [-0.05, 0) is 0 Å². The van der Waals surface area contributed by atoms with Crippen molar-refractivity contribution < 1.29 is 37.9 Å². The van der Waals surface area contributed by atoms with Crippen molar-refractivity contribution >= 4 is 0 Å². The van der Waals surface area contributed by atoms with E-state index in [1.807, 2.05) is 0 Å². The van der Waals surface area contributed by atoms with E-state index in [2.05, 4.69) is 0 Å². The molecule has 24 heavy (non-hydrogen) atoms. The first kappa shape index (κ1) is 20.0. The van der Waals surface area contributed by atoms with Gasteiger partial charge in [-0.25, -0.2) is 0 Å². The number of epoxide rings is 2. The van der Waals surface area contributed by atoms with Crippen LogP contribution in [-0.4, -0.2) is 105 Å². The quantitative estimate of drug-likeness (QED) is 0.236. The van der Waals surface area contributed by atoms with Crippen molar-refractivity contribution in [2.75, 3.05) is 92.5 Å². The predicted molar refractivity (Wildman–Crippen MR) is 84.4 cm³/mol. The molecule has 2 aliphatic heterocycles. The lowest BCUT2D eigenvalue weighted by molar-refractivity contribution is -0.0178. The van der Waals surface area contributed by atoms with Crippen LogP contribution in [0.25, 0.3) is 0 Å². The maximum Gasteiger partial charge on any atom is 0.104 e. The highest BCUT2D eigenvalue weighted by Gasteiger charge is 2.22. The summed E-state index contributed by atoms with van der Waals surface area (Å²) in [6.45, 7) is 8.74. The zero-order valence-corrected chi connectivity index (χ0v) is 14.3. The van der Waals surface area contributed by atoms with Gasteiger partial charge >= 0.3 is 0 Å². The Morgan fingerprint density at radius 2 is 0.708 bits per heavy atom. The third kappa shape index (κ3) is 13.0. The highest BCUT2D eigenvalue weighted by Crippen LogP contribution is 2.08. The third-order valence-electron chi connectivity index (χ3n) is 3.27. The van der Waals surface area contributed by atoms with Crippen LogP contribution in [-0.2, 0) is 37.9 Å². The molecule has 142 valence electrons. The molecule has 8 nitrogen and oxygen atoms in total. The first-order chi connectivity index (χ1) is 11.9. The fraction of sp³-hybridized carbons (Fsp3) is 1.00. The van der Waals surface area contributed by atoms with Gasteiger partial charge in [0.1, 0.15) is 12.2 Å².